The van der Waals surface area contributed by atoms with Crippen LogP contribution < -0.4 is 5.73 Å². The summed E-state index contributed by atoms with van der Waals surface area (Å²) in [6.45, 7) is 2.00. The van der Waals surface area contributed by atoms with E-state index >= 15 is 0 Å². The topological polar surface area (TPSA) is 43.1 Å². The second-order valence-corrected chi connectivity index (χ2v) is 4.16. The number of halogens is 1. The van der Waals surface area contributed by atoms with E-state index < -0.39 is 0 Å². The summed E-state index contributed by atoms with van der Waals surface area (Å²) in [6, 6.07) is 1.91. The van der Waals surface area contributed by atoms with Crippen LogP contribution in [0.25, 0.3) is 0 Å². The van der Waals surface area contributed by atoms with Crippen molar-refractivity contribution in [1.29, 1.82) is 0 Å². The fourth-order valence-electron chi connectivity index (χ4n) is 1.43. The first-order valence-electron chi connectivity index (χ1n) is 3.57. The van der Waals surface area contributed by atoms with Gasteiger partial charge >= 0.3 is 0 Å². The molecule has 0 bridgehead atoms. The summed E-state index contributed by atoms with van der Waals surface area (Å²) in [5, 5.41) is 0. The van der Waals surface area contributed by atoms with Crippen molar-refractivity contribution in [2.75, 3.05) is 0 Å². The minimum absolute atomic E-state index is 0. The summed E-state index contributed by atoms with van der Waals surface area (Å²) >= 11 is 1.64. The van der Waals surface area contributed by atoms with E-state index in [1.807, 2.05) is 13.0 Å². The summed E-state index contributed by atoms with van der Waals surface area (Å²) in [5.41, 5.74) is 6.60. The van der Waals surface area contributed by atoms with Crippen molar-refractivity contribution in [3.05, 3.63) is 21.4 Å². The predicted molar refractivity (Wildman–Crippen MR) is 52.2 cm³/mol. The van der Waals surface area contributed by atoms with Gasteiger partial charge in [0.25, 0.3) is 0 Å². The molecular weight excluding hydrogens is 194 g/mol. The standard InChI is InChI=1S/C8H9NOS.ClH/c1-4-2-5-7(10)3-6(9)8(5)11-4;/h2,6H,3,9H2,1H3;1H. The maximum absolute atomic E-state index is 11.2. The first kappa shape index (κ1) is 9.71. The second kappa shape index (κ2) is 3.17. The van der Waals surface area contributed by atoms with Crippen molar-refractivity contribution in [2.45, 2.75) is 19.4 Å². The molecular formula is C8H10ClNOS. The number of ketones is 1. The number of nitrogens with two attached hydrogens (primary N) is 1. The minimum atomic E-state index is -0.0313. The van der Waals surface area contributed by atoms with Crippen LogP contribution in [0, 0.1) is 6.92 Å². The lowest BCUT2D eigenvalue weighted by atomic mass is 10.2. The zero-order chi connectivity index (χ0) is 8.01. The van der Waals surface area contributed by atoms with Gasteiger partial charge in [-0.05, 0) is 13.0 Å². The summed E-state index contributed by atoms with van der Waals surface area (Å²) in [7, 11) is 0. The zero-order valence-electron chi connectivity index (χ0n) is 6.66. The third-order valence-electron chi connectivity index (χ3n) is 1.93. The fourth-order valence-corrected chi connectivity index (χ4v) is 2.47. The van der Waals surface area contributed by atoms with Gasteiger partial charge < -0.3 is 5.73 Å². The molecule has 1 atom stereocenters. The number of carbonyl (C=O) groups is 1. The molecule has 12 heavy (non-hydrogen) atoms. The molecule has 1 aliphatic rings. The third kappa shape index (κ3) is 1.28. The van der Waals surface area contributed by atoms with E-state index in [0.717, 1.165) is 10.4 Å². The number of aryl methyl sites for hydroxylation is 1. The molecule has 2 N–H and O–H groups in total. The van der Waals surface area contributed by atoms with Crippen molar-refractivity contribution in [3.63, 3.8) is 0 Å². The van der Waals surface area contributed by atoms with E-state index in [0.29, 0.717) is 6.42 Å². The van der Waals surface area contributed by atoms with Gasteiger partial charge in [0.05, 0.1) is 0 Å². The van der Waals surface area contributed by atoms with E-state index in [1.165, 1.54) is 4.88 Å². The molecule has 0 fully saturated rings. The third-order valence-corrected chi connectivity index (χ3v) is 3.11. The molecule has 1 unspecified atom stereocenters. The van der Waals surface area contributed by atoms with Crippen LogP contribution in [0.3, 0.4) is 0 Å². The van der Waals surface area contributed by atoms with Gasteiger partial charge in [-0.25, -0.2) is 0 Å². The van der Waals surface area contributed by atoms with Gasteiger partial charge in [-0.2, -0.15) is 0 Å². The Labute approximate surface area is 81.2 Å². The van der Waals surface area contributed by atoms with Crippen LogP contribution in [-0.2, 0) is 0 Å². The number of Topliss-reactive ketones (excluding diaryl/α,β-unsaturated/α-hetero) is 1. The SMILES string of the molecule is Cc1cc2c(s1)C(N)CC2=O.Cl. The van der Waals surface area contributed by atoms with Crippen LogP contribution in [0.5, 0.6) is 0 Å². The Kier molecular flexibility index (Phi) is 2.56. The van der Waals surface area contributed by atoms with Crippen LogP contribution in [0.15, 0.2) is 6.07 Å². The summed E-state index contributed by atoms with van der Waals surface area (Å²) < 4.78 is 0. The number of hydrogen-bond acceptors (Lipinski definition) is 3. The maximum atomic E-state index is 11.2. The van der Waals surface area contributed by atoms with Crippen LogP contribution >= 0.6 is 23.7 Å². The lowest BCUT2D eigenvalue weighted by Gasteiger charge is -1.96. The number of fused-ring (bicyclic) bond motifs is 1. The Morgan fingerprint density at radius 3 is 2.92 bits per heavy atom. The van der Waals surface area contributed by atoms with E-state index in [2.05, 4.69) is 0 Å². The molecule has 1 aromatic heterocycles. The molecule has 0 aromatic carbocycles. The van der Waals surface area contributed by atoms with Crippen molar-refractivity contribution in [1.82, 2.24) is 0 Å². The molecule has 1 heterocycles. The molecule has 0 saturated heterocycles. The van der Waals surface area contributed by atoms with Crippen molar-refractivity contribution in [3.8, 4) is 0 Å². The van der Waals surface area contributed by atoms with Crippen LogP contribution in [-0.4, -0.2) is 5.78 Å². The molecule has 66 valence electrons. The molecule has 2 rings (SSSR count). The lowest BCUT2D eigenvalue weighted by Crippen LogP contribution is -2.04. The quantitative estimate of drug-likeness (QED) is 0.702. The second-order valence-electron chi connectivity index (χ2n) is 2.87. The smallest absolute Gasteiger partial charge is 0.165 e. The highest BCUT2D eigenvalue weighted by Gasteiger charge is 2.28. The predicted octanol–water partition coefficient (Wildman–Crippen LogP) is 2.06. The molecule has 0 saturated carbocycles. The number of hydrogen-bond donors (Lipinski definition) is 1. The van der Waals surface area contributed by atoms with Crippen LogP contribution in [0.4, 0.5) is 0 Å². The Morgan fingerprint density at radius 2 is 2.33 bits per heavy atom. The molecule has 0 aliphatic heterocycles. The van der Waals surface area contributed by atoms with Gasteiger partial charge in [-0.3, -0.25) is 4.79 Å². The van der Waals surface area contributed by atoms with Crippen LogP contribution in [0.1, 0.15) is 32.6 Å². The molecule has 2 nitrogen and oxygen atoms in total. The number of rotatable bonds is 0. The first-order valence-corrected chi connectivity index (χ1v) is 4.39. The number of thiophene rings is 1. The summed E-state index contributed by atoms with van der Waals surface area (Å²) in [4.78, 5) is 13.5. The van der Waals surface area contributed by atoms with Crippen LogP contribution in [0.2, 0.25) is 0 Å². The molecule has 1 aromatic rings. The van der Waals surface area contributed by atoms with Crippen molar-refractivity contribution < 1.29 is 4.79 Å². The van der Waals surface area contributed by atoms with Gasteiger partial charge in [-0.15, -0.1) is 23.7 Å². The van der Waals surface area contributed by atoms with Crippen molar-refractivity contribution >= 4 is 29.5 Å². The fraction of sp³-hybridized carbons (Fsp3) is 0.375. The van der Waals surface area contributed by atoms with E-state index in [1.54, 1.807) is 11.3 Å². The van der Waals surface area contributed by atoms with Gasteiger partial charge in [0.15, 0.2) is 5.78 Å². The molecule has 0 radical (unpaired) electrons. The lowest BCUT2D eigenvalue weighted by molar-refractivity contribution is 0.0989. The Bertz CT molecular complexity index is 321. The first-order chi connectivity index (χ1) is 5.18. The minimum Gasteiger partial charge on any atom is -0.323 e. The highest BCUT2D eigenvalue weighted by Crippen LogP contribution is 2.35. The Morgan fingerprint density at radius 1 is 1.67 bits per heavy atom. The largest absolute Gasteiger partial charge is 0.323 e. The molecule has 4 heteroatoms. The Balaban J connectivity index is 0.000000720. The summed E-state index contributed by atoms with van der Waals surface area (Å²) in [6.07, 6.45) is 0.501. The van der Waals surface area contributed by atoms with Gasteiger partial charge in [0.2, 0.25) is 0 Å². The molecule has 0 amide bonds. The molecule has 0 spiro atoms. The van der Waals surface area contributed by atoms with E-state index in [9.17, 15) is 4.79 Å². The zero-order valence-corrected chi connectivity index (χ0v) is 8.30. The monoisotopic (exact) mass is 203 g/mol. The number of carbonyl (C=O) groups excluding carboxylic acids is 1. The highest BCUT2D eigenvalue weighted by atomic mass is 35.5. The average Bonchev–Trinajstić information content (AvgIpc) is 2.38. The Hall–Kier alpha value is -0.380. The van der Waals surface area contributed by atoms with Gasteiger partial charge in [0.1, 0.15) is 0 Å². The van der Waals surface area contributed by atoms with Gasteiger partial charge in [-0.1, -0.05) is 0 Å². The normalized spacial score (nSPS) is 20.5. The van der Waals surface area contributed by atoms with Crippen molar-refractivity contribution in [2.24, 2.45) is 5.73 Å². The maximum Gasteiger partial charge on any atom is 0.165 e. The highest BCUT2D eigenvalue weighted by molar-refractivity contribution is 7.12. The van der Waals surface area contributed by atoms with E-state index in [4.69, 9.17) is 5.73 Å². The average molecular weight is 204 g/mol. The summed E-state index contributed by atoms with van der Waals surface area (Å²) in [5.74, 6) is 0.205. The molecule has 1 aliphatic carbocycles. The van der Waals surface area contributed by atoms with Gasteiger partial charge in [0, 0.05) is 27.8 Å². The van der Waals surface area contributed by atoms with E-state index in [-0.39, 0.29) is 24.2 Å².